The van der Waals surface area contributed by atoms with Crippen molar-refractivity contribution in [2.24, 2.45) is 5.50 Å². The van der Waals surface area contributed by atoms with Gasteiger partial charge in [0.05, 0.1) is 0 Å². The number of rotatable bonds is 2. The monoisotopic (exact) mass is 141 g/mol. The van der Waals surface area contributed by atoms with E-state index in [1.165, 1.54) is 14.2 Å². The van der Waals surface area contributed by atoms with E-state index < -0.39 is 6.64 Å². The van der Waals surface area contributed by atoms with E-state index in [-0.39, 0.29) is 0 Å². The van der Waals surface area contributed by atoms with Crippen LogP contribution in [0.2, 0.25) is 0 Å². The van der Waals surface area contributed by atoms with Crippen LogP contribution in [0, 0.1) is 0 Å². The van der Waals surface area contributed by atoms with Crippen molar-refractivity contribution in [3.63, 3.8) is 0 Å². The molecule has 44 valence electrons. The largest absolute Gasteiger partial charge is 0.321 e. The van der Waals surface area contributed by atoms with E-state index in [1.807, 2.05) is 0 Å². The SMILES string of the molecule is COP(N)(=S)OC. The van der Waals surface area contributed by atoms with E-state index in [0.717, 1.165) is 0 Å². The van der Waals surface area contributed by atoms with E-state index in [2.05, 4.69) is 20.9 Å². The molecular formula is C2H8NO2PS. The van der Waals surface area contributed by atoms with Crippen LogP contribution in [0.25, 0.3) is 0 Å². The molecule has 0 fully saturated rings. The molecule has 0 unspecified atom stereocenters. The average molecular weight is 141 g/mol. The Morgan fingerprint density at radius 2 is 1.71 bits per heavy atom. The quantitative estimate of drug-likeness (QED) is 0.567. The summed E-state index contributed by atoms with van der Waals surface area (Å²) in [5, 5.41) is 0. The lowest BCUT2D eigenvalue weighted by Crippen LogP contribution is -1.96. The first-order valence-corrected chi connectivity index (χ1v) is 4.33. The molecule has 0 aliphatic carbocycles. The molecule has 0 aliphatic rings. The second-order valence-electron chi connectivity index (χ2n) is 0.905. The Labute approximate surface area is 48.0 Å². The summed E-state index contributed by atoms with van der Waals surface area (Å²) in [5.41, 5.74) is 5.20. The molecule has 0 rings (SSSR count). The first kappa shape index (κ1) is 7.53. The topological polar surface area (TPSA) is 44.5 Å². The normalized spacial score (nSPS) is 11.9. The van der Waals surface area contributed by atoms with E-state index in [0.29, 0.717) is 0 Å². The Kier molecular flexibility index (Phi) is 2.95. The van der Waals surface area contributed by atoms with Gasteiger partial charge in [-0.1, -0.05) is 0 Å². The fourth-order valence-corrected chi connectivity index (χ4v) is 0.224. The maximum Gasteiger partial charge on any atom is 0.257 e. The molecule has 0 amide bonds. The van der Waals surface area contributed by atoms with Crippen LogP contribution in [0.4, 0.5) is 0 Å². The molecule has 7 heavy (non-hydrogen) atoms. The van der Waals surface area contributed by atoms with Crippen molar-refractivity contribution in [1.82, 2.24) is 0 Å². The van der Waals surface area contributed by atoms with Crippen LogP contribution < -0.4 is 5.50 Å². The second kappa shape index (κ2) is 2.74. The molecular weight excluding hydrogens is 133 g/mol. The lowest BCUT2D eigenvalue weighted by molar-refractivity contribution is 0.338. The fraction of sp³-hybridized carbons (Fsp3) is 1.00. The number of hydrogen-bond acceptors (Lipinski definition) is 3. The molecule has 5 heteroatoms. The third-order valence-corrected chi connectivity index (χ3v) is 2.42. The van der Waals surface area contributed by atoms with Crippen molar-refractivity contribution < 1.29 is 9.05 Å². The summed E-state index contributed by atoms with van der Waals surface area (Å²) in [6, 6.07) is 0. The molecule has 0 saturated carbocycles. The zero-order valence-electron chi connectivity index (χ0n) is 4.25. The first-order valence-electron chi connectivity index (χ1n) is 1.62. The van der Waals surface area contributed by atoms with E-state index >= 15 is 0 Å². The highest BCUT2D eigenvalue weighted by Crippen LogP contribution is 2.36. The van der Waals surface area contributed by atoms with Crippen LogP contribution in [0.5, 0.6) is 0 Å². The predicted octanol–water partition coefficient (Wildman–Crippen LogP) is 0.462. The van der Waals surface area contributed by atoms with Gasteiger partial charge in [0.2, 0.25) is 0 Å². The standard InChI is InChI=1S/C2H8NO2PS/c1-4-6(3,7)5-2/h1-2H3,(H2,3,7). The number of nitrogens with two attached hydrogens (primary N) is 1. The maximum atomic E-state index is 5.20. The molecule has 0 bridgehead atoms. The minimum absolute atomic E-state index is 1.43. The number of hydrogen-bond donors (Lipinski definition) is 1. The van der Waals surface area contributed by atoms with Crippen molar-refractivity contribution in [2.75, 3.05) is 14.2 Å². The van der Waals surface area contributed by atoms with Crippen LogP contribution >= 0.6 is 6.64 Å². The summed E-state index contributed by atoms with van der Waals surface area (Å²) in [4.78, 5) is 0. The molecule has 3 nitrogen and oxygen atoms in total. The van der Waals surface area contributed by atoms with Crippen LogP contribution in [0.1, 0.15) is 0 Å². The molecule has 0 saturated heterocycles. The van der Waals surface area contributed by atoms with Crippen LogP contribution in [0.15, 0.2) is 0 Å². The molecule has 0 aliphatic heterocycles. The van der Waals surface area contributed by atoms with Gasteiger partial charge < -0.3 is 9.05 Å². The highest BCUT2D eigenvalue weighted by Gasteiger charge is 2.03. The molecule has 0 heterocycles. The van der Waals surface area contributed by atoms with Gasteiger partial charge in [0.25, 0.3) is 6.64 Å². The summed E-state index contributed by atoms with van der Waals surface area (Å²) in [5.74, 6) is 0. The van der Waals surface area contributed by atoms with E-state index in [4.69, 9.17) is 5.50 Å². The van der Waals surface area contributed by atoms with Gasteiger partial charge in [-0.25, -0.2) is 0 Å². The Hall–Kier alpha value is 0.530. The van der Waals surface area contributed by atoms with Gasteiger partial charge in [0.1, 0.15) is 0 Å². The molecule has 0 aromatic carbocycles. The molecule has 2 N–H and O–H groups in total. The molecule has 0 atom stereocenters. The van der Waals surface area contributed by atoms with Crippen molar-refractivity contribution in [3.8, 4) is 0 Å². The van der Waals surface area contributed by atoms with Gasteiger partial charge in [-0.2, -0.15) is 0 Å². The van der Waals surface area contributed by atoms with Crippen LogP contribution in [-0.2, 0) is 20.9 Å². The van der Waals surface area contributed by atoms with Gasteiger partial charge in [-0.05, 0) is 11.8 Å². The highest BCUT2D eigenvalue weighted by atomic mass is 32.5. The predicted molar refractivity (Wildman–Crippen MR) is 32.5 cm³/mol. The third kappa shape index (κ3) is 3.14. The highest BCUT2D eigenvalue weighted by molar-refractivity contribution is 8.08. The first-order chi connectivity index (χ1) is 3.12. The lowest BCUT2D eigenvalue weighted by atomic mass is 11.8. The smallest absolute Gasteiger partial charge is 0.257 e. The van der Waals surface area contributed by atoms with Gasteiger partial charge >= 0.3 is 0 Å². The van der Waals surface area contributed by atoms with Gasteiger partial charge in [-0.3, -0.25) is 5.50 Å². The van der Waals surface area contributed by atoms with Crippen molar-refractivity contribution in [1.29, 1.82) is 0 Å². The van der Waals surface area contributed by atoms with Gasteiger partial charge in [-0.15, -0.1) is 0 Å². The van der Waals surface area contributed by atoms with Gasteiger partial charge in [0, 0.05) is 14.2 Å². The molecule has 0 spiro atoms. The average Bonchev–Trinajstić information content (AvgIpc) is 1.68. The van der Waals surface area contributed by atoms with Crippen LogP contribution in [0.3, 0.4) is 0 Å². The Balaban J connectivity index is 3.61. The molecule has 0 aromatic rings. The Morgan fingerprint density at radius 1 is 1.43 bits per heavy atom. The van der Waals surface area contributed by atoms with Crippen molar-refractivity contribution in [3.05, 3.63) is 0 Å². The zero-order chi connectivity index (χ0) is 5.91. The summed E-state index contributed by atoms with van der Waals surface area (Å²) in [6.07, 6.45) is 0. The second-order valence-corrected chi connectivity index (χ2v) is 4.24. The van der Waals surface area contributed by atoms with E-state index in [1.54, 1.807) is 0 Å². The lowest BCUT2D eigenvalue weighted by Gasteiger charge is -2.08. The summed E-state index contributed by atoms with van der Waals surface area (Å²) < 4.78 is 9.14. The van der Waals surface area contributed by atoms with Gasteiger partial charge in [0.15, 0.2) is 0 Å². The van der Waals surface area contributed by atoms with E-state index in [9.17, 15) is 0 Å². The zero-order valence-corrected chi connectivity index (χ0v) is 5.96. The Bertz CT molecular complexity index is 87.7. The summed E-state index contributed by atoms with van der Waals surface area (Å²) in [6.45, 7) is -2.32. The minimum Gasteiger partial charge on any atom is -0.321 e. The third-order valence-electron chi connectivity index (χ3n) is 0.509. The maximum absolute atomic E-state index is 5.20. The Morgan fingerprint density at radius 3 is 1.71 bits per heavy atom. The minimum atomic E-state index is -2.32. The van der Waals surface area contributed by atoms with Crippen LogP contribution in [-0.4, -0.2) is 14.2 Å². The molecule has 0 aromatic heterocycles. The summed E-state index contributed by atoms with van der Waals surface area (Å²) in [7, 11) is 2.87. The fourth-order valence-electron chi connectivity index (χ4n) is 0.0745. The van der Waals surface area contributed by atoms with Crippen molar-refractivity contribution in [2.45, 2.75) is 0 Å². The molecule has 0 radical (unpaired) electrons. The summed E-state index contributed by atoms with van der Waals surface area (Å²) >= 11 is 4.59. The van der Waals surface area contributed by atoms with Crippen molar-refractivity contribution >= 4 is 18.4 Å².